The normalized spacial score (nSPS) is 18.8. The lowest BCUT2D eigenvalue weighted by Crippen LogP contribution is -2.21. The van der Waals surface area contributed by atoms with Gasteiger partial charge in [0.2, 0.25) is 0 Å². The second-order valence-corrected chi connectivity index (χ2v) is 5.70. The fourth-order valence-electron chi connectivity index (χ4n) is 3.20. The lowest BCUT2D eigenvalue weighted by Gasteiger charge is -2.30. The molecule has 0 radical (unpaired) electrons. The van der Waals surface area contributed by atoms with E-state index in [9.17, 15) is 9.50 Å². The van der Waals surface area contributed by atoms with E-state index in [2.05, 4.69) is 0 Å². The van der Waals surface area contributed by atoms with Gasteiger partial charge < -0.3 is 9.84 Å². The van der Waals surface area contributed by atoms with E-state index in [-0.39, 0.29) is 11.7 Å². The van der Waals surface area contributed by atoms with Crippen LogP contribution in [0.25, 0.3) is 0 Å². The molecule has 0 saturated carbocycles. The minimum absolute atomic E-state index is 0.133. The highest BCUT2D eigenvalue weighted by Gasteiger charge is 2.31. The molecule has 0 aromatic heterocycles. The van der Waals surface area contributed by atoms with Crippen LogP contribution in [0.15, 0.2) is 36.4 Å². The monoisotopic (exact) mass is 286 g/mol. The molecular formula is C18H19FO2. The highest BCUT2D eigenvalue weighted by Crippen LogP contribution is 2.42. The van der Waals surface area contributed by atoms with E-state index < -0.39 is 6.10 Å². The van der Waals surface area contributed by atoms with E-state index in [1.807, 2.05) is 44.2 Å². The Kier molecular flexibility index (Phi) is 3.68. The number of aryl methyl sites for hydroxylation is 2. The van der Waals surface area contributed by atoms with Gasteiger partial charge in [-0.05, 0) is 43.5 Å². The number of halogens is 1. The summed E-state index contributed by atoms with van der Waals surface area (Å²) in [7, 11) is 0. The summed E-state index contributed by atoms with van der Waals surface area (Å²) in [6.45, 7) is 4.25. The molecule has 0 spiro atoms. The zero-order valence-electron chi connectivity index (χ0n) is 12.3. The van der Waals surface area contributed by atoms with Crippen LogP contribution in [0, 0.1) is 19.7 Å². The molecular weight excluding hydrogens is 267 g/mol. The molecule has 2 atom stereocenters. The van der Waals surface area contributed by atoms with Gasteiger partial charge in [-0.2, -0.15) is 0 Å². The van der Waals surface area contributed by atoms with Crippen molar-refractivity contribution in [3.8, 4) is 5.75 Å². The van der Waals surface area contributed by atoms with Gasteiger partial charge in [-0.1, -0.05) is 24.3 Å². The highest BCUT2D eigenvalue weighted by molar-refractivity contribution is 5.42. The average molecular weight is 286 g/mol. The number of hydrogen-bond donors (Lipinski definition) is 1. The van der Waals surface area contributed by atoms with Crippen molar-refractivity contribution in [1.82, 2.24) is 0 Å². The van der Waals surface area contributed by atoms with E-state index in [1.165, 1.54) is 6.07 Å². The van der Waals surface area contributed by atoms with E-state index in [0.29, 0.717) is 18.6 Å². The van der Waals surface area contributed by atoms with Gasteiger partial charge in [-0.15, -0.1) is 0 Å². The summed E-state index contributed by atoms with van der Waals surface area (Å²) in [5.74, 6) is 0.327. The van der Waals surface area contributed by atoms with Crippen molar-refractivity contribution >= 4 is 0 Å². The van der Waals surface area contributed by atoms with Gasteiger partial charge in [0.15, 0.2) is 0 Å². The molecule has 2 aromatic carbocycles. The maximum atomic E-state index is 14.3. The van der Waals surface area contributed by atoms with Gasteiger partial charge in [0, 0.05) is 17.0 Å². The molecule has 0 fully saturated rings. The molecule has 110 valence electrons. The average Bonchev–Trinajstić information content (AvgIpc) is 2.45. The summed E-state index contributed by atoms with van der Waals surface area (Å²) in [5, 5.41) is 10.7. The topological polar surface area (TPSA) is 29.5 Å². The Morgan fingerprint density at radius 1 is 1.24 bits per heavy atom. The van der Waals surface area contributed by atoms with E-state index in [0.717, 1.165) is 22.4 Å². The number of para-hydroxylation sites is 1. The van der Waals surface area contributed by atoms with Crippen LogP contribution >= 0.6 is 0 Å². The Balaban J connectivity index is 2.03. The molecule has 1 aliphatic rings. The van der Waals surface area contributed by atoms with Crippen molar-refractivity contribution in [2.24, 2.45) is 0 Å². The third kappa shape index (κ3) is 2.54. The molecule has 0 bridgehead atoms. The number of aliphatic hydroxyl groups excluding tert-OH is 1. The second-order valence-electron chi connectivity index (χ2n) is 5.70. The summed E-state index contributed by atoms with van der Waals surface area (Å²) in [4.78, 5) is 0. The van der Waals surface area contributed by atoms with Crippen LogP contribution in [0.2, 0.25) is 0 Å². The van der Waals surface area contributed by atoms with Crippen LogP contribution in [-0.4, -0.2) is 11.7 Å². The molecule has 2 nitrogen and oxygen atoms in total. The number of ether oxygens (including phenoxy) is 1. The first-order valence-corrected chi connectivity index (χ1v) is 7.24. The molecule has 2 unspecified atom stereocenters. The Labute approximate surface area is 124 Å². The lowest BCUT2D eigenvalue weighted by atomic mass is 9.83. The molecule has 3 heteroatoms. The first-order chi connectivity index (χ1) is 10.1. The minimum atomic E-state index is -0.851. The number of hydrogen-bond acceptors (Lipinski definition) is 2. The third-order valence-corrected chi connectivity index (χ3v) is 4.16. The molecule has 2 aromatic rings. The predicted molar refractivity (Wildman–Crippen MR) is 80.1 cm³/mol. The quantitative estimate of drug-likeness (QED) is 0.902. The Morgan fingerprint density at radius 2 is 2.00 bits per heavy atom. The predicted octanol–water partition coefficient (Wildman–Crippen LogP) is 4.04. The molecule has 0 amide bonds. The van der Waals surface area contributed by atoms with Crippen molar-refractivity contribution in [1.29, 1.82) is 0 Å². The number of fused-ring (bicyclic) bond motifs is 1. The van der Waals surface area contributed by atoms with Gasteiger partial charge in [0.05, 0.1) is 12.7 Å². The van der Waals surface area contributed by atoms with Gasteiger partial charge in [-0.25, -0.2) is 4.39 Å². The molecule has 1 aliphatic heterocycles. The summed E-state index contributed by atoms with van der Waals surface area (Å²) in [6.07, 6.45) is -0.166. The Morgan fingerprint density at radius 3 is 2.76 bits per heavy atom. The zero-order valence-corrected chi connectivity index (χ0v) is 12.3. The number of aliphatic hydroxyl groups is 1. The second kappa shape index (κ2) is 5.49. The maximum Gasteiger partial charge on any atom is 0.129 e. The minimum Gasteiger partial charge on any atom is -0.493 e. The van der Waals surface area contributed by atoms with Gasteiger partial charge in [-0.3, -0.25) is 0 Å². The molecule has 0 saturated heterocycles. The largest absolute Gasteiger partial charge is 0.493 e. The fraction of sp³-hybridized carbons (Fsp3) is 0.333. The zero-order chi connectivity index (χ0) is 15.0. The fourth-order valence-corrected chi connectivity index (χ4v) is 3.20. The lowest BCUT2D eigenvalue weighted by molar-refractivity contribution is 0.113. The van der Waals surface area contributed by atoms with E-state index in [4.69, 9.17) is 4.74 Å². The summed E-state index contributed by atoms with van der Waals surface area (Å²) in [5.41, 5.74) is 3.02. The van der Waals surface area contributed by atoms with Gasteiger partial charge >= 0.3 is 0 Å². The van der Waals surface area contributed by atoms with E-state index in [1.54, 1.807) is 0 Å². The van der Waals surface area contributed by atoms with E-state index >= 15 is 0 Å². The SMILES string of the molecule is Cc1cc(C)c(C(O)C2CCOc3ccccc32)c(F)c1. The van der Waals surface area contributed by atoms with Crippen LogP contribution < -0.4 is 4.74 Å². The third-order valence-electron chi connectivity index (χ3n) is 4.16. The van der Waals surface area contributed by atoms with Crippen LogP contribution in [0.1, 0.15) is 40.7 Å². The molecule has 21 heavy (non-hydrogen) atoms. The number of rotatable bonds is 2. The molecule has 1 N–H and O–H groups in total. The molecule has 3 rings (SSSR count). The summed E-state index contributed by atoms with van der Waals surface area (Å²) < 4.78 is 19.9. The molecule has 0 aliphatic carbocycles. The van der Waals surface area contributed by atoms with Crippen molar-refractivity contribution in [2.45, 2.75) is 32.3 Å². The van der Waals surface area contributed by atoms with Crippen molar-refractivity contribution < 1.29 is 14.2 Å². The van der Waals surface area contributed by atoms with Crippen molar-refractivity contribution in [3.63, 3.8) is 0 Å². The highest BCUT2D eigenvalue weighted by atomic mass is 19.1. The first-order valence-electron chi connectivity index (χ1n) is 7.24. The van der Waals surface area contributed by atoms with Crippen LogP contribution in [0.4, 0.5) is 4.39 Å². The van der Waals surface area contributed by atoms with Crippen LogP contribution in [0.5, 0.6) is 5.75 Å². The van der Waals surface area contributed by atoms with Gasteiger partial charge in [0.25, 0.3) is 0 Å². The Hall–Kier alpha value is -1.87. The van der Waals surface area contributed by atoms with Gasteiger partial charge in [0.1, 0.15) is 11.6 Å². The van der Waals surface area contributed by atoms with Crippen molar-refractivity contribution in [2.75, 3.05) is 6.61 Å². The molecule has 1 heterocycles. The number of benzene rings is 2. The summed E-state index contributed by atoms with van der Waals surface area (Å²) in [6, 6.07) is 11.1. The van der Waals surface area contributed by atoms with Crippen LogP contribution in [0.3, 0.4) is 0 Å². The summed E-state index contributed by atoms with van der Waals surface area (Å²) >= 11 is 0. The first kappa shape index (κ1) is 14.1. The smallest absolute Gasteiger partial charge is 0.129 e. The Bertz CT molecular complexity index is 643. The van der Waals surface area contributed by atoms with Crippen LogP contribution in [-0.2, 0) is 0 Å². The maximum absolute atomic E-state index is 14.3. The van der Waals surface area contributed by atoms with Crippen molar-refractivity contribution in [3.05, 3.63) is 64.5 Å². The standard InChI is InChI=1S/C18H19FO2/c1-11-9-12(2)17(15(19)10-11)18(20)14-7-8-21-16-6-4-3-5-13(14)16/h3-6,9-10,14,18,20H,7-8H2,1-2H3.